The number of aromatic nitrogens is 1. The van der Waals surface area contributed by atoms with Crippen molar-refractivity contribution >= 4 is 16.9 Å². The molecule has 0 spiro atoms. The number of aliphatic hydroxyl groups is 4. The summed E-state index contributed by atoms with van der Waals surface area (Å²) in [5.74, 6) is -1.09. The van der Waals surface area contributed by atoms with Gasteiger partial charge in [-0.1, -0.05) is 25.1 Å². The second-order valence-electron chi connectivity index (χ2n) is 10.3. The van der Waals surface area contributed by atoms with E-state index in [0.29, 0.717) is 18.4 Å². The highest BCUT2D eigenvalue weighted by molar-refractivity contribution is 5.89. The normalized spacial score (nSPS) is 35.3. The number of quaternary nitrogens is 1. The van der Waals surface area contributed by atoms with E-state index in [1.54, 1.807) is 0 Å². The van der Waals surface area contributed by atoms with Crippen molar-refractivity contribution in [2.24, 2.45) is 11.8 Å². The van der Waals surface area contributed by atoms with Crippen LogP contribution in [0.1, 0.15) is 37.1 Å². The zero-order chi connectivity index (χ0) is 27.0. The van der Waals surface area contributed by atoms with Gasteiger partial charge in [0, 0.05) is 35.6 Å². The van der Waals surface area contributed by atoms with Crippen LogP contribution < -0.4 is 5.32 Å². The number of esters is 1. The Morgan fingerprint density at radius 3 is 2.68 bits per heavy atom. The average Bonchev–Trinajstić information content (AvgIpc) is 3.33. The summed E-state index contributed by atoms with van der Waals surface area (Å²) in [6.45, 7) is 2.32. The molecule has 1 fully saturated rings. The zero-order valence-electron chi connectivity index (χ0n) is 21.5. The monoisotopic (exact) mass is 533 g/mol. The van der Waals surface area contributed by atoms with Gasteiger partial charge < -0.3 is 49.7 Å². The first-order chi connectivity index (χ1) is 18.4. The van der Waals surface area contributed by atoms with Crippen molar-refractivity contribution in [1.29, 1.82) is 0 Å². The first kappa shape index (κ1) is 27.1. The van der Waals surface area contributed by atoms with Gasteiger partial charge in [-0.05, 0) is 18.1 Å². The summed E-state index contributed by atoms with van der Waals surface area (Å²) in [7, 11) is 1.33. The number of rotatable bonds is 7. The lowest BCUT2D eigenvalue weighted by molar-refractivity contribution is -0.701. The van der Waals surface area contributed by atoms with Gasteiger partial charge in [-0.15, -0.1) is 0 Å². The molecule has 0 saturated carbocycles. The summed E-state index contributed by atoms with van der Waals surface area (Å²) in [6.07, 6.45) is -4.49. The molecule has 11 heteroatoms. The van der Waals surface area contributed by atoms with E-state index < -0.39 is 49.6 Å². The summed E-state index contributed by atoms with van der Waals surface area (Å²) in [5.41, 5.74) is 3.94. The number of benzene rings is 1. The summed E-state index contributed by atoms with van der Waals surface area (Å²) >= 11 is 0. The second kappa shape index (κ2) is 11.3. The number of hydrogen-bond acceptors (Lipinski definition) is 9. The Morgan fingerprint density at radius 1 is 1.16 bits per heavy atom. The number of methoxy groups -OCH3 is 1. The van der Waals surface area contributed by atoms with Gasteiger partial charge in [-0.3, -0.25) is 0 Å². The van der Waals surface area contributed by atoms with E-state index in [1.807, 2.05) is 19.1 Å². The highest BCUT2D eigenvalue weighted by atomic mass is 16.8. The Kier molecular flexibility index (Phi) is 8.06. The molecule has 2 aromatic rings. The maximum absolute atomic E-state index is 12.8. The highest BCUT2D eigenvalue weighted by Crippen LogP contribution is 2.41. The van der Waals surface area contributed by atoms with Crippen molar-refractivity contribution in [3.8, 4) is 0 Å². The van der Waals surface area contributed by atoms with E-state index >= 15 is 0 Å². The van der Waals surface area contributed by atoms with Crippen LogP contribution in [-0.2, 0) is 30.2 Å². The van der Waals surface area contributed by atoms with E-state index in [1.165, 1.54) is 24.3 Å². The van der Waals surface area contributed by atoms with Gasteiger partial charge in [0.25, 0.3) is 0 Å². The predicted molar refractivity (Wildman–Crippen MR) is 133 cm³/mol. The molecule has 1 aromatic carbocycles. The van der Waals surface area contributed by atoms with Crippen LogP contribution in [0.15, 0.2) is 36.1 Å². The minimum Gasteiger partial charge on any atom is -0.472 e. The van der Waals surface area contributed by atoms with Crippen molar-refractivity contribution in [1.82, 2.24) is 4.98 Å². The first-order valence-electron chi connectivity index (χ1n) is 13.2. The molecule has 5 rings (SSSR count). The van der Waals surface area contributed by atoms with Gasteiger partial charge in [0.1, 0.15) is 30.5 Å². The van der Waals surface area contributed by atoms with Gasteiger partial charge >= 0.3 is 5.97 Å². The van der Waals surface area contributed by atoms with E-state index in [-0.39, 0.29) is 17.9 Å². The molecule has 0 unspecified atom stereocenters. The van der Waals surface area contributed by atoms with Gasteiger partial charge in [0.05, 0.1) is 37.8 Å². The quantitative estimate of drug-likeness (QED) is 0.259. The van der Waals surface area contributed by atoms with Crippen molar-refractivity contribution in [2.75, 3.05) is 20.3 Å². The molecule has 7 N–H and O–H groups in total. The number of nitrogens with two attached hydrogens (primary N) is 1. The number of carbonyl (C=O) groups is 1. The lowest BCUT2D eigenvalue weighted by atomic mass is 9.77. The number of nitrogens with one attached hydrogen (secondary N) is 1. The van der Waals surface area contributed by atoms with E-state index in [0.717, 1.165) is 24.2 Å². The van der Waals surface area contributed by atoms with Crippen LogP contribution in [-0.4, -0.2) is 88.6 Å². The topological polar surface area (TPSA) is 167 Å². The summed E-state index contributed by atoms with van der Waals surface area (Å²) in [4.78, 5) is 16.4. The SMILES string of the molecule is CC[C@H]1[C@H](O[C@H]2O[C@@H](CO)[C@H](O)[C@@H](O)[C@@H]2O)OC=C(C(=O)OC)[C@H]1C[C@@H]1[NH2+]CCc2c1[nH]c1ccccc21. The number of ether oxygens (including phenoxy) is 4. The molecule has 0 bridgehead atoms. The Labute approximate surface area is 220 Å². The van der Waals surface area contributed by atoms with Crippen LogP contribution in [0.2, 0.25) is 0 Å². The van der Waals surface area contributed by atoms with Crippen LogP contribution in [0, 0.1) is 11.8 Å². The van der Waals surface area contributed by atoms with E-state index in [4.69, 9.17) is 18.9 Å². The number of aliphatic hydroxyl groups excluding tert-OH is 4. The molecule has 0 amide bonds. The molecule has 0 radical (unpaired) electrons. The molecule has 3 aliphatic rings. The third-order valence-corrected chi connectivity index (χ3v) is 8.18. The van der Waals surface area contributed by atoms with Crippen molar-refractivity contribution in [2.45, 2.75) is 69.2 Å². The van der Waals surface area contributed by atoms with Crippen molar-refractivity contribution in [3.63, 3.8) is 0 Å². The van der Waals surface area contributed by atoms with Crippen LogP contribution in [0.3, 0.4) is 0 Å². The fourth-order valence-electron chi connectivity index (χ4n) is 6.13. The van der Waals surface area contributed by atoms with E-state index in [2.05, 4.69) is 22.4 Å². The minimum absolute atomic E-state index is 0.0595. The average molecular weight is 534 g/mol. The number of hydrogen-bond donors (Lipinski definition) is 6. The minimum atomic E-state index is -1.57. The van der Waals surface area contributed by atoms with Crippen LogP contribution >= 0.6 is 0 Å². The fourth-order valence-corrected chi connectivity index (χ4v) is 6.13. The molecule has 11 nitrogen and oxygen atoms in total. The number of carbonyl (C=O) groups excluding carboxylic acids is 1. The smallest absolute Gasteiger partial charge is 0.337 e. The van der Waals surface area contributed by atoms with Gasteiger partial charge in [-0.2, -0.15) is 0 Å². The molecule has 208 valence electrons. The Bertz CT molecular complexity index is 1160. The molecular formula is C27H37N2O9+. The number of fused-ring (bicyclic) bond motifs is 3. The largest absolute Gasteiger partial charge is 0.472 e. The molecule has 4 heterocycles. The van der Waals surface area contributed by atoms with Crippen LogP contribution in [0.25, 0.3) is 10.9 Å². The molecule has 9 atom stereocenters. The number of aromatic amines is 1. The Balaban J connectivity index is 1.42. The third kappa shape index (κ3) is 4.84. The standard InChI is InChI=1S/C27H36N2O9/c1-3-13-16(10-19-21-15(8-9-28-19)14-6-4-5-7-18(14)29-21)17(25(34)35-2)12-36-26(13)38-27-24(33)23(32)22(31)20(11-30)37-27/h4-7,12-13,16,19-20,22-24,26-33H,3,8-11H2,1-2H3/p+1/t13-,16+,19+,20+,22+,23-,24+,26+,27-/m1/s1. The summed E-state index contributed by atoms with van der Waals surface area (Å²) in [5, 5.41) is 43.8. The fraction of sp³-hybridized carbons (Fsp3) is 0.593. The maximum Gasteiger partial charge on any atom is 0.337 e. The molecular weight excluding hydrogens is 496 g/mol. The van der Waals surface area contributed by atoms with Crippen molar-refractivity contribution in [3.05, 3.63) is 47.4 Å². The highest BCUT2D eigenvalue weighted by Gasteiger charge is 2.48. The maximum atomic E-state index is 12.8. The lowest BCUT2D eigenvalue weighted by Gasteiger charge is -2.43. The first-order valence-corrected chi connectivity index (χ1v) is 13.2. The van der Waals surface area contributed by atoms with Crippen LogP contribution in [0.5, 0.6) is 0 Å². The van der Waals surface area contributed by atoms with Gasteiger partial charge in [0.2, 0.25) is 6.29 Å². The summed E-state index contributed by atoms with van der Waals surface area (Å²) < 4.78 is 22.5. The van der Waals surface area contributed by atoms with Crippen molar-refractivity contribution < 1.29 is 49.5 Å². The predicted octanol–water partition coefficient (Wildman–Crippen LogP) is -0.409. The lowest BCUT2D eigenvalue weighted by Crippen LogP contribution is -2.87. The molecule has 0 aliphatic carbocycles. The second-order valence-corrected chi connectivity index (χ2v) is 10.3. The summed E-state index contributed by atoms with van der Waals surface area (Å²) in [6, 6.07) is 8.30. The molecule has 3 aliphatic heterocycles. The Morgan fingerprint density at radius 2 is 1.95 bits per heavy atom. The molecule has 1 saturated heterocycles. The van der Waals surface area contributed by atoms with E-state index in [9.17, 15) is 25.2 Å². The van der Waals surface area contributed by atoms with Crippen LogP contribution in [0.4, 0.5) is 0 Å². The number of H-pyrrole nitrogens is 1. The number of para-hydroxylation sites is 1. The van der Waals surface area contributed by atoms with Gasteiger partial charge in [0.15, 0.2) is 6.29 Å². The molecule has 1 aromatic heterocycles. The third-order valence-electron chi connectivity index (χ3n) is 8.18. The van der Waals surface area contributed by atoms with Gasteiger partial charge in [-0.25, -0.2) is 4.79 Å². The zero-order valence-corrected chi connectivity index (χ0v) is 21.5. The molecule has 38 heavy (non-hydrogen) atoms. The Hall–Kier alpha value is -2.51.